The van der Waals surface area contributed by atoms with Crippen LogP contribution in [-0.2, 0) is 0 Å². The molecular weight excluding hydrogens is 126 g/mol. The summed E-state index contributed by atoms with van der Waals surface area (Å²) in [4.78, 5) is 0. The maximum Gasteiger partial charge on any atom is 0.213 e. The van der Waals surface area contributed by atoms with Crippen molar-refractivity contribution in [1.29, 1.82) is 0 Å². The molecule has 0 amide bonds. The van der Waals surface area contributed by atoms with Gasteiger partial charge in [-0.3, -0.25) is 0 Å². The summed E-state index contributed by atoms with van der Waals surface area (Å²) in [6.45, 7) is 2.74. The summed E-state index contributed by atoms with van der Waals surface area (Å²) in [5.74, 6) is 0. The monoisotopic (exact) mass is 135 g/mol. The van der Waals surface area contributed by atoms with E-state index in [0.717, 1.165) is 6.54 Å². The van der Waals surface area contributed by atoms with Crippen molar-refractivity contribution < 1.29 is 0 Å². The van der Waals surface area contributed by atoms with E-state index < -0.39 is 0 Å². The lowest BCUT2D eigenvalue weighted by Gasteiger charge is -1.94. The number of halogens is 1. The van der Waals surface area contributed by atoms with Gasteiger partial charge in [0.15, 0.2) is 0 Å². The lowest BCUT2D eigenvalue weighted by Crippen LogP contribution is -2.16. The molecule has 0 saturated heterocycles. The minimum Gasteiger partial charge on any atom is -0.362 e. The molecule has 0 aliphatic carbocycles. The number of rotatable bonds is 2. The van der Waals surface area contributed by atoms with Gasteiger partial charge in [-0.2, -0.15) is 0 Å². The van der Waals surface area contributed by atoms with Gasteiger partial charge in [-0.05, 0) is 18.5 Å². The number of nitrogens with zero attached hydrogens (tertiary/aromatic N) is 1. The first-order chi connectivity index (χ1) is 3.81. The molecule has 0 aliphatic rings. The molecule has 8 heavy (non-hydrogen) atoms. The Morgan fingerprint density at radius 2 is 2.38 bits per heavy atom. The molecular formula is C4H10ClN3. The van der Waals surface area contributed by atoms with E-state index in [9.17, 15) is 0 Å². The van der Waals surface area contributed by atoms with E-state index in [1.807, 2.05) is 6.92 Å². The predicted molar refractivity (Wildman–Crippen MR) is 36.0 cm³/mol. The summed E-state index contributed by atoms with van der Waals surface area (Å²) in [6, 6.07) is 0. The molecule has 0 aromatic carbocycles. The number of amidine groups is 1. The average Bonchev–Trinajstić information content (AvgIpc) is 1.83. The summed E-state index contributed by atoms with van der Waals surface area (Å²) in [5.41, 5.74) is 2.69. The standard InChI is InChI=1S/C4H10ClN3/c1-3-7-8-4(5)6-2/h7H,3H2,1-2H3,(H,6,8). The van der Waals surface area contributed by atoms with Gasteiger partial charge >= 0.3 is 0 Å². The first-order valence-electron chi connectivity index (χ1n) is 2.45. The van der Waals surface area contributed by atoms with Gasteiger partial charge in [0.1, 0.15) is 0 Å². The van der Waals surface area contributed by atoms with Gasteiger partial charge in [-0.25, -0.2) is 0 Å². The molecule has 0 radical (unpaired) electrons. The van der Waals surface area contributed by atoms with Crippen LogP contribution in [0.15, 0.2) is 5.10 Å². The second-order valence-electron chi connectivity index (χ2n) is 1.16. The third-order valence-electron chi connectivity index (χ3n) is 0.542. The van der Waals surface area contributed by atoms with Crippen LogP contribution in [0.2, 0.25) is 0 Å². The topological polar surface area (TPSA) is 36.4 Å². The fraction of sp³-hybridized carbons (Fsp3) is 0.750. The predicted octanol–water partition coefficient (Wildman–Crippen LogP) is 0.325. The van der Waals surface area contributed by atoms with Gasteiger partial charge in [0, 0.05) is 13.6 Å². The van der Waals surface area contributed by atoms with Crippen molar-refractivity contribution in [3.05, 3.63) is 0 Å². The minimum atomic E-state index is 0.381. The van der Waals surface area contributed by atoms with Gasteiger partial charge < -0.3 is 10.7 Å². The van der Waals surface area contributed by atoms with E-state index in [0.29, 0.717) is 5.29 Å². The van der Waals surface area contributed by atoms with Crippen LogP contribution in [0, 0.1) is 0 Å². The van der Waals surface area contributed by atoms with Gasteiger partial charge in [-0.15, -0.1) is 5.10 Å². The van der Waals surface area contributed by atoms with Crippen LogP contribution in [0.4, 0.5) is 0 Å². The molecule has 0 bridgehead atoms. The highest BCUT2D eigenvalue weighted by molar-refractivity contribution is 6.64. The smallest absolute Gasteiger partial charge is 0.213 e. The Bertz CT molecular complexity index is 81.4. The molecule has 0 fully saturated rings. The zero-order valence-electron chi connectivity index (χ0n) is 5.03. The van der Waals surface area contributed by atoms with Crippen molar-refractivity contribution in [1.82, 2.24) is 10.7 Å². The summed E-state index contributed by atoms with van der Waals surface area (Å²) in [6.07, 6.45) is 0. The Hall–Kier alpha value is -0.440. The molecule has 3 nitrogen and oxygen atoms in total. The van der Waals surface area contributed by atoms with Gasteiger partial charge in [0.2, 0.25) is 5.29 Å². The van der Waals surface area contributed by atoms with Crippen LogP contribution >= 0.6 is 11.6 Å². The number of hydrogen-bond donors (Lipinski definition) is 2. The zero-order chi connectivity index (χ0) is 6.41. The van der Waals surface area contributed by atoms with Crippen LogP contribution in [0.25, 0.3) is 0 Å². The summed E-state index contributed by atoms with van der Waals surface area (Å²) >= 11 is 5.42. The van der Waals surface area contributed by atoms with E-state index in [1.165, 1.54) is 0 Å². The maximum absolute atomic E-state index is 5.42. The molecule has 4 heteroatoms. The van der Waals surface area contributed by atoms with Crippen LogP contribution in [0.3, 0.4) is 0 Å². The molecule has 0 rings (SSSR count). The van der Waals surface area contributed by atoms with Crippen molar-refractivity contribution in [2.24, 2.45) is 5.10 Å². The zero-order valence-corrected chi connectivity index (χ0v) is 5.79. The molecule has 0 aliphatic heterocycles. The van der Waals surface area contributed by atoms with Crippen molar-refractivity contribution >= 4 is 16.9 Å². The number of hydrogen-bond acceptors (Lipinski definition) is 2. The van der Waals surface area contributed by atoms with Gasteiger partial charge in [0.05, 0.1) is 0 Å². The first kappa shape index (κ1) is 7.56. The fourth-order valence-electron chi connectivity index (χ4n) is 0.204. The van der Waals surface area contributed by atoms with Crippen LogP contribution in [-0.4, -0.2) is 18.9 Å². The fourth-order valence-corrected chi connectivity index (χ4v) is 0.264. The summed E-state index contributed by atoms with van der Waals surface area (Å²) < 4.78 is 0. The highest BCUT2D eigenvalue weighted by Crippen LogP contribution is 1.73. The Morgan fingerprint density at radius 1 is 1.75 bits per heavy atom. The van der Waals surface area contributed by atoms with Crippen molar-refractivity contribution in [2.75, 3.05) is 13.6 Å². The summed E-state index contributed by atoms with van der Waals surface area (Å²) in [5, 5.41) is 6.72. The molecule has 0 spiro atoms. The van der Waals surface area contributed by atoms with Gasteiger partial charge in [0.25, 0.3) is 0 Å². The van der Waals surface area contributed by atoms with Crippen LogP contribution in [0.5, 0.6) is 0 Å². The van der Waals surface area contributed by atoms with Crippen molar-refractivity contribution in [3.8, 4) is 0 Å². The normalized spacial score (nSPS) is 11.1. The SMILES string of the molecule is CCN/N=C(/Cl)NC. The van der Waals surface area contributed by atoms with Crippen LogP contribution < -0.4 is 10.7 Å². The molecule has 0 saturated carbocycles. The van der Waals surface area contributed by atoms with Crippen molar-refractivity contribution in [2.45, 2.75) is 6.92 Å². The Morgan fingerprint density at radius 3 is 2.75 bits per heavy atom. The third-order valence-corrected chi connectivity index (χ3v) is 0.815. The van der Waals surface area contributed by atoms with Crippen LogP contribution in [0.1, 0.15) is 6.92 Å². The van der Waals surface area contributed by atoms with E-state index in [2.05, 4.69) is 15.8 Å². The lowest BCUT2D eigenvalue weighted by molar-refractivity contribution is 0.779. The van der Waals surface area contributed by atoms with E-state index in [4.69, 9.17) is 11.6 Å². The Balaban J connectivity index is 3.26. The molecule has 0 atom stereocenters. The Kier molecular flexibility index (Phi) is 4.45. The molecule has 0 aromatic heterocycles. The maximum atomic E-state index is 5.42. The molecule has 2 N–H and O–H groups in total. The van der Waals surface area contributed by atoms with E-state index >= 15 is 0 Å². The summed E-state index contributed by atoms with van der Waals surface area (Å²) in [7, 11) is 1.71. The molecule has 0 heterocycles. The molecule has 48 valence electrons. The van der Waals surface area contributed by atoms with Gasteiger partial charge in [-0.1, -0.05) is 0 Å². The van der Waals surface area contributed by atoms with E-state index in [1.54, 1.807) is 7.05 Å². The molecule has 0 aromatic rings. The molecule has 0 unspecified atom stereocenters. The quantitative estimate of drug-likeness (QED) is 0.248. The number of hydrazone groups is 1. The lowest BCUT2D eigenvalue weighted by atomic mass is 10.8. The highest BCUT2D eigenvalue weighted by Gasteiger charge is 1.81. The first-order valence-corrected chi connectivity index (χ1v) is 2.82. The number of nitrogens with one attached hydrogen (secondary N) is 2. The van der Waals surface area contributed by atoms with E-state index in [-0.39, 0.29) is 0 Å². The average molecular weight is 136 g/mol. The third kappa shape index (κ3) is 3.74. The second kappa shape index (κ2) is 4.71. The second-order valence-corrected chi connectivity index (χ2v) is 1.52. The Labute approximate surface area is 54.1 Å². The van der Waals surface area contributed by atoms with Crippen molar-refractivity contribution in [3.63, 3.8) is 0 Å². The minimum absolute atomic E-state index is 0.381. The largest absolute Gasteiger partial charge is 0.362 e. The highest BCUT2D eigenvalue weighted by atomic mass is 35.5.